The highest BCUT2D eigenvalue weighted by Crippen LogP contribution is 2.33. The third-order valence-electron chi connectivity index (χ3n) is 2.88. The van der Waals surface area contributed by atoms with Crippen LogP contribution in [0.2, 0.25) is 0 Å². The Kier molecular flexibility index (Phi) is 3.81. The van der Waals surface area contributed by atoms with Crippen molar-refractivity contribution in [1.29, 1.82) is 5.26 Å². The van der Waals surface area contributed by atoms with Gasteiger partial charge in [-0.15, -0.1) is 11.3 Å². The first-order valence-electron chi connectivity index (χ1n) is 5.68. The van der Waals surface area contributed by atoms with Crippen molar-refractivity contribution in [2.75, 3.05) is 19.8 Å². The number of thiophene rings is 1. The molecule has 2 aromatic rings. The van der Waals surface area contributed by atoms with Crippen molar-refractivity contribution < 1.29 is 8.42 Å². The molecule has 0 radical (unpaired) electrons. The van der Waals surface area contributed by atoms with Crippen LogP contribution in [0.4, 0.5) is 5.00 Å². The Bertz CT molecular complexity index is 769. The van der Waals surface area contributed by atoms with Gasteiger partial charge in [0.15, 0.2) is 0 Å². The molecule has 2 N–H and O–H groups in total. The number of rotatable bonds is 3. The van der Waals surface area contributed by atoms with E-state index in [1.807, 2.05) is 0 Å². The Hall–Kier alpha value is -1.88. The molecule has 1 aromatic carbocycles. The van der Waals surface area contributed by atoms with E-state index in [0.29, 0.717) is 10.6 Å². The third kappa shape index (κ3) is 2.41. The Labute approximate surface area is 121 Å². The molecule has 1 aromatic heterocycles. The van der Waals surface area contributed by atoms with Gasteiger partial charge in [0, 0.05) is 25.0 Å². The zero-order valence-corrected chi connectivity index (χ0v) is 12.6. The molecular formula is C13H13N3O2S2. The van der Waals surface area contributed by atoms with E-state index in [4.69, 9.17) is 11.0 Å². The molecule has 0 spiro atoms. The van der Waals surface area contributed by atoms with Gasteiger partial charge in [0.1, 0.15) is 11.1 Å². The first-order chi connectivity index (χ1) is 9.37. The number of sulfonamides is 1. The molecule has 0 fully saturated rings. The van der Waals surface area contributed by atoms with Crippen LogP contribution in [0.1, 0.15) is 5.56 Å². The molecule has 2 rings (SSSR count). The average molecular weight is 307 g/mol. The van der Waals surface area contributed by atoms with Crippen LogP contribution in [0.3, 0.4) is 0 Å². The lowest BCUT2D eigenvalue weighted by molar-refractivity contribution is 0.521. The molecule has 5 nitrogen and oxygen atoms in total. The van der Waals surface area contributed by atoms with Crippen LogP contribution in [0.5, 0.6) is 0 Å². The van der Waals surface area contributed by atoms with Crippen molar-refractivity contribution in [2.24, 2.45) is 0 Å². The van der Waals surface area contributed by atoms with Gasteiger partial charge in [-0.1, -0.05) is 12.1 Å². The fourth-order valence-electron chi connectivity index (χ4n) is 1.72. The van der Waals surface area contributed by atoms with E-state index in [0.717, 1.165) is 15.4 Å². The molecule has 0 saturated carbocycles. The summed E-state index contributed by atoms with van der Waals surface area (Å²) in [4.78, 5) is 0.216. The molecule has 1 heterocycles. The minimum atomic E-state index is -3.44. The van der Waals surface area contributed by atoms with Crippen LogP contribution in [0.15, 0.2) is 34.5 Å². The predicted molar refractivity (Wildman–Crippen MR) is 79.8 cm³/mol. The summed E-state index contributed by atoms with van der Waals surface area (Å²) in [7, 11) is -0.475. The normalized spacial score (nSPS) is 11.5. The smallest absolute Gasteiger partial charge is 0.242 e. The molecule has 20 heavy (non-hydrogen) atoms. The Morgan fingerprint density at radius 3 is 2.35 bits per heavy atom. The van der Waals surface area contributed by atoms with Crippen LogP contribution < -0.4 is 5.73 Å². The highest BCUT2D eigenvalue weighted by molar-refractivity contribution is 7.89. The molecule has 0 bridgehead atoms. The molecular weight excluding hydrogens is 294 g/mol. The van der Waals surface area contributed by atoms with Crippen LogP contribution in [-0.2, 0) is 10.0 Å². The van der Waals surface area contributed by atoms with Crippen molar-refractivity contribution in [2.45, 2.75) is 4.90 Å². The summed E-state index contributed by atoms with van der Waals surface area (Å²) in [6.07, 6.45) is 0. The number of hydrogen-bond donors (Lipinski definition) is 1. The Morgan fingerprint density at radius 2 is 1.85 bits per heavy atom. The van der Waals surface area contributed by atoms with Gasteiger partial charge in [-0.05, 0) is 17.7 Å². The molecule has 0 saturated heterocycles. The Morgan fingerprint density at radius 1 is 1.25 bits per heavy atom. The minimum absolute atomic E-state index is 0.216. The van der Waals surface area contributed by atoms with Crippen molar-refractivity contribution in [3.8, 4) is 17.2 Å². The zero-order chi connectivity index (χ0) is 14.9. The largest absolute Gasteiger partial charge is 0.389 e. The predicted octanol–water partition coefficient (Wildman–Crippen LogP) is 2.12. The standard InChI is InChI=1S/C13H13N3O2S2/c1-16(2)20(17,18)10-5-3-9(4-6-10)12-8-19-13(15)11(12)7-14/h3-6,8H,15H2,1-2H3. The summed E-state index contributed by atoms with van der Waals surface area (Å²) in [6.45, 7) is 0. The van der Waals surface area contributed by atoms with Gasteiger partial charge in [-0.25, -0.2) is 12.7 Å². The van der Waals surface area contributed by atoms with Crippen molar-refractivity contribution in [1.82, 2.24) is 4.31 Å². The molecule has 0 unspecified atom stereocenters. The lowest BCUT2D eigenvalue weighted by Gasteiger charge is -2.11. The topological polar surface area (TPSA) is 87.2 Å². The second-order valence-electron chi connectivity index (χ2n) is 4.31. The highest BCUT2D eigenvalue weighted by atomic mass is 32.2. The van der Waals surface area contributed by atoms with Crippen LogP contribution in [0.25, 0.3) is 11.1 Å². The maximum atomic E-state index is 12.0. The third-order valence-corrected chi connectivity index (χ3v) is 5.52. The molecule has 0 amide bonds. The fourth-order valence-corrected chi connectivity index (χ4v) is 3.39. The number of nitrogens with zero attached hydrogens (tertiary/aromatic N) is 2. The molecule has 0 aliphatic carbocycles. The van der Waals surface area contributed by atoms with Crippen molar-refractivity contribution >= 4 is 26.4 Å². The molecule has 0 aliphatic rings. The summed E-state index contributed by atoms with van der Waals surface area (Å²) in [5, 5.41) is 11.3. The van der Waals surface area contributed by atoms with Crippen molar-refractivity contribution in [3.63, 3.8) is 0 Å². The number of benzene rings is 1. The van der Waals surface area contributed by atoms with Crippen LogP contribution >= 0.6 is 11.3 Å². The van der Waals surface area contributed by atoms with Gasteiger partial charge in [-0.2, -0.15) is 5.26 Å². The number of hydrogen-bond acceptors (Lipinski definition) is 5. The number of nitriles is 1. The second kappa shape index (κ2) is 5.25. The number of nitrogen functional groups attached to an aromatic ring is 1. The highest BCUT2D eigenvalue weighted by Gasteiger charge is 2.17. The quantitative estimate of drug-likeness (QED) is 0.941. The van der Waals surface area contributed by atoms with Gasteiger partial charge < -0.3 is 5.73 Å². The number of anilines is 1. The van der Waals surface area contributed by atoms with Gasteiger partial charge in [0.25, 0.3) is 0 Å². The van der Waals surface area contributed by atoms with E-state index in [-0.39, 0.29) is 4.90 Å². The van der Waals surface area contributed by atoms with Gasteiger partial charge in [0.2, 0.25) is 10.0 Å². The molecule has 0 aliphatic heterocycles. The van der Waals surface area contributed by atoms with E-state index in [2.05, 4.69) is 6.07 Å². The molecule has 0 atom stereocenters. The summed E-state index contributed by atoms with van der Waals surface area (Å²) in [6, 6.07) is 8.48. The first kappa shape index (κ1) is 14.5. The monoisotopic (exact) mass is 307 g/mol. The zero-order valence-electron chi connectivity index (χ0n) is 11.0. The fraction of sp³-hybridized carbons (Fsp3) is 0.154. The lowest BCUT2D eigenvalue weighted by Crippen LogP contribution is -2.22. The Balaban J connectivity index is 2.46. The summed E-state index contributed by atoms with van der Waals surface area (Å²) >= 11 is 1.29. The van der Waals surface area contributed by atoms with Crippen molar-refractivity contribution in [3.05, 3.63) is 35.2 Å². The van der Waals surface area contributed by atoms with Gasteiger partial charge >= 0.3 is 0 Å². The van der Waals surface area contributed by atoms with Crippen LogP contribution in [0, 0.1) is 11.3 Å². The van der Waals surface area contributed by atoms with E-state index in [9.17, 15) is 8.42 Å². The van der Waals surface area contributed by atoms with Crippen LogP contribution in [-0.4, -0.2) is 26.8 Å². The maximum absolute atomic E-state index is 12.0. The van der Waals surface area contributed by atoms with Gasteiger partial charge in [0.05, 0.1) is 10.5 Å². The lowest BCUT2D eigenvalue weighted by atomic mass is 10.1. The van der Waals surface area contributed by atoms with E-state index < -0.39 is 10.0 Å². The SMILES string of the molecule is CN(C)S(=O)(=O)c1ccc(-c2csc(N)c2C#N)cc1. The first-order valence-corrected chi connectivity index (χ1v) is 8.00. The number of nitrogens with two attached hydrogens (primary N) is 1. The summed E-state index contributed by atoms with van der Waals surface area (Å²) < 4.78 is 25.1. The second-order valence-corrected chi connectivity index (χ2v) is 7.38. The maximum Gasteiger partial charge on any atom is 0.242 e. The summed E-state index contributed by atoms with van der Waals surface area (Å²) in [5.74, 6) is 0. The minimum Gasteiger partial charge on any atom is -0.389 e. The molecule has 104 valence electrons. The summed E-state index contributed by atoms with van der Waals surface area (Å²) in [5.41, 5.74) is 7.65. The average Bonchev–Trinajstić information content (AvgIpc) is 2.79. The van der Waals surface area contributed by atoms with E-state index in [1.54, 1.807) is 17.5 Å². The van der Waals surface area contributed by atoms with Gasteiger partial charge in [-0.3, -0.25) is 0 Å². The van der Waals surface area contributed by atoms with E-state index in [1.165, 1.54) is 37.6 Å². The van der Waals surface area contributed by atoms with E-state index >= 15 is 0 Å². The molecule has 7 heteroatoms.